The number of hydrogen-bond acceptors (Lipinski definition) is 0. The molecule has 0 atom stereocenters. The third-order valence-corrected chi connectivity index (χ3v) is 0. The molecule has 0 saturated heterocycles. The summed E-state index contributed by atoms with van der Waals surface area (Å²) in [6.07, 6.45) is 0. The molecule has 0 bridgehead atoms. The number of rotatable bonds is 0. The van der Waals surface area contributed by atoms with Crippen LogP contribution in [0.3, 0.4) is 0 Å². The average Bonchev–Trinajstić information content (AvgIpc) is 0. The van der Waals surface area contributed by atoms with E-state index in [1.54, 1.807) is 0 Å². The molecule has 0 aliphatic heterocycles. The van der Waals surface area contributed by atoms with Crippen LogP contribution in [0.4, 0.5) is 0 Å². The predicted octanol–water partition coefficient (Wildman–Crippen LogP) is -0.784. The molecule has 0 rings (SSSR count). The Bertz CT molecular complexity index is 7.52. The minimum atomic E-state index is 0. The monoisotopic (exact) mass is 808 g/mol. The molecule has 0 nitrogen and oxygen atoms in total. The molecular weight excluding hydrogens is 815 g/mol. The van der Waals surface area contributed by atoms with Gasteiger partial charge in [-0.1, -0.05) is 0 Å². The van der Waals surface area contributed by atoms with E-state index in [1.165, 1.54) is 0 Å². The second-order valence-corrected chi connectivity index (χ2v) is 0. The van der Waals surface area contributed by atoms with Gasteiger partial charge in [-0.25, -0.2) is 0 Å². The predicted molar refractivity (Wildman–Crippen MR) is 11.5 cm³/mol. The van der Waals surface area contributed by atoms with E-state index >= 15 is 0 Å². The SMILES string of the molecule is [Cu].[Cu].[Cu].[Cu].[Cu].[Cu].[Cu].[Cu].[Cu].[Sb].[Sb]. The van der Waals surface area contributed by atoms with E-state index in [2.05, 4.69) is 0 Å². The fourth-order valence-corrected chi connectivity index (χ4v) is 0. The van der Waals surface area contributed by atoms with Crippen LogP contribution in [-0.4, -0.2) is 48.9 Å². The Kier molecular flexibility index (Phi) is 1010. The van der Waals surface area contributed by atoms with Crippen molar-refractivity contribution in [3.63, 3.8) is 0 Å². The topological polar surface area (TPSA) is 0 Å². The first-order valence-corrected chi connectivity index (χ1v) is 0. The molecule has 0 aliphatic rings. The maximum Gasteiger partial charge on any atom is 0 e. The first-order chi connectivity index (χ1) is 0. The van der Waals surface area contributed by atoms with E-state index in [4.69, 9.17) is 0 Å². The van der Waals surface area contributed by atoms with Gasteiger partial charge in [0.05, 0.1) is 0 Å². The van der Waals surface area contributed by atoms with Crippen LogP contribution in [0, 0.1) is 0 Å². The van der Waals surface area contributed by atoms with Crippen LogP contribution >= 0.6 is 0 Å². The van der Waals surface area contributed by atoms with E-state index in [0.717, 1.165) is 0 Å². The largest absolute Gasteiger partial charge is 0 e. The minimum absolute atomic E-state index is 0. The van der Waals surface area contributed by atoms with Crippen molar-refractivity contribution in [1.29, 1.82) is 0 Å². The second-order valence-electron chi connectivity index (χ2n) is 0. The second kappa shape index (κ2) is 96.0. The van der Waals surface area contributed by atoms with Crippen LogP contribution in [0.15, 0.2) is 0 Å². The van der Waals surface area contributed by atoms with Crippen LogP contribution in [0.25, 0.3) is 0 Å². The van der Waals surface area contributed by atoms with Gasteiger partial charge in [-0.15, -0.1) is 0 Å². The Morgan fingerprint density at radius 3 is 0.182 bits per heavy atom. The van der Waals surface area contributed by atoms with Gasteiger partial charge in [0.1, 0.15) is 0 Å². The summed E-state index contributed by atoms with van der Waals surface area (Å²) < 4.78 is 0. The van der Waals surface area contributed by atoms with Gasteiger partial charge < -0.3 is 0 Å². The summed E-state index contributed by atoms with van der Waals surface area (Å²) in [5.74, 6) is 0. The van der Waals surface area contributed by atoms with Crippen molar-refractivity contribution in [2.24, 2.45) is 0 Å². The molecule has 0 N–H and O–H groups in total. The standard InChI is InChI=1S/9Cu.2Sb. The summed E-state index contributed by atoms with van der Waals surface area (Å²) in [5, 5.41) is 0. The molecule has 0 aromatic rings. The van der Waals surface area contributed by atoms with Gasteiger partial charge in [-0.3, -0.25) is 0 Å². The molecular formula is Cu9Sb2. The van der Waals surface area contributed by atoms with Crippen molar-refractivity contribution in [2.75, 3.05) is 0 Å². The van der Waals surface area contributed by atoms with E-state index < -0.39 is 0 Å². The molecule has 0 aromatic heterocycles. The average molecular weight is 815 g/mol. The molecule has 0 heterocycles. The Hall–Kier alpha value is 6.31. The van der Waals surface area contributed by atoms with Gasteiger partial charge in [0, 0.05) is 202 Å². The Morgan fingerprint density at radius 1 is 0.182 bits per heavy atom. The summed E-state index contributed by atoms with van der Waals surface area (Å²) in [4.78, 5) is 0. The quantitative estimate of drug-likeness (QED) is 0.282. The normalized spacial score (nSPS) is 0. The maximum atomic E-state index is 0. The van der Waals surface area contributed by atoms with Gasteiger partial charge in [0.15, 0.2) is 0 Å². The van der Waals surface area contributed by atoms with Crippen molar-refractivity contribution >= 4 is 48.9 Å². The maximum absolute atomic E-state index is 0. The molecule has 15 radical (unpaired) electrons. The van der Waals surface area contributed by atoms with E-state index in [1.807, 2.05) is 0 Å². The molecule has 11 heavy (non-hydrogen) atoms. The molecule has 0 spiro atoms. The summed E-state index contributed by atoms with van der Waals surface area (Å²) in [6.45, 7) is 0. The van der Waals surface area contributed by atoms with E-state index in [9.17, 15) is 0 Å². The molecule has 0 saturated carbocycles. The van der Waals surface area contributed by atoms with Crippen molar-refractivity contribution in [2.45, 2.75) is 0 Å². The summed E-state index contributed by atoms with van der Waals surface area (Å²) in [6, 6.07) is 0. The molecule has 0 aromatic carbocycles. The van der Waals surface area contributed by atoms with Crippen molar-refractivity contribution in [1.82, 2.24) is 0 Å². The summed E-state index contributed by atoms with van der Waals surface area (Å²) in [7, 11) is 0. The van der Waals surface area contributed by atoms with Crippen molar-refractivity contribution < 1.29 is 154 Å². The first kappa shape index (κ1) is 116. The minimum Gasteiger partial charge on any atom is 0 e. The van der Waals surface area contributed by atoms with Crippen molar-refractivity contribution in [3.05, 3.63) is 0 Å². The zero-order chi connectivity index (χ0) is 0. The van der Waals surface area contributed by atoms with Gasteiger partial charge in [-0.05, 0) is 0 Å². The van der Waals surface area contributed by atoms with Crippen LogP contribution < -0.4 is 0 Å². The van der Waals surface area contributed by atoms with Crippen molar-refractivity contribution in [3.8, 4) is 0 Å². The third-order valence-electron chi connectivity index (χ3n) is 0. The van der Waals surface area contributed by atoms with Crippen LogP contribution in [-0.2, 0) is 154 Å². The summed E-state index contributed by atoms with van der Waals surface area (Å²) >= 11 is 0. The first-order valence-electron chi connectivity index (χ1n) is 0. The Balaban J connectivity index is 0. The Morgan fingerprint density at radius 2 is 0.182 bits per heavy atom. The molecule has 0 amide bonds. The van der Waals surface area contributed by atoms with Crippen LogP contribution in [0.5, 0.6) is 0 Å². The van der Waals surface area contributed by atoms with Gasteiger partial charge in [-0.2, -0.15) is 0 Å². The fraction of sp³-hybridized carbons (Fsp3) is 0. The molecule has 0 aliphatic carbocycles. The van der Waals surface area contributed by atoms with Crippen LogP contribution in [0.1, 0.15) is 0 Å². The molecule has 11 heteroatoms. The molecule has 0 fully saturated rings. The van der Waals surface area contributed by atoms with Crippen LogP contribution in [0.2, 0.25) is 0 Å². The van der Waals surface area contributed by atoms with Gasteiger partial charge in [0.2, 0.25) is 0 Å². The van der Waals surface area contributed by atoms with Gasteiger partial charge >= 0.3 is 0 Å². The van der Waals surface area contributed by atoms with Gasteiger partial charge in [0.25, 0.3) is 0 Å². The molecule has 0 unspecified atom stereocenters. The van der Waals surface area contributed by atoms with E-state index in [0.29, 0.717) is 0 Å². The molecule has 109 valence electrons. The zero-order valence-electron chi connectivity index (χ0n) is 3.61. The number of hydrogen-bond donors (Lipinski definition) is 0. The summed E-state index contributed by atoms with van der Waals surface area (Å²) in [5.41, 5.74) is 0. The fourth-order valence-electron chi connectivity index (χ4n) is 0. The Labute approximate surface area is 198 Å². The van der Waals surface area contributed by atoms with E-state index in [-0.39, 0.29) is 202 Å². The smallest absolute Gasteiger partial charge is 0 e. The third kappa shape index (κ3) is 83.9. The zero-order valence-corrected chi connectivity index (χ0v) is 17.2.